The lowest BCUT2D eigenvalue weighted by Gasteiger charge is -2.39. The molecule has 2 heterocycles. The number of esters is 1. The van der Waals surface area contributed by atoms with Crippen LogP contribution in [0, 0.1) is 5.92 Å². The Balaban J connectivity index is 1.52. The number of benzene rings is 2. The van der Waals surface area contributed by atoms with Crippen LogP contribution in [0.5, 0.6) is 23.0 Å². The third-order valence-electron chi connectivity index (χ3n) is 7.17. The Kier molecular flexibility index (Phi) is 8.84. The number of ether oxygens (including phenoxy) is 6. The van der Waals surface area contributed by atoms with E-state index >= 15 is 0 Å². The van der Waals surface area contributed by atoms with Crippen LogP contribution in [-0.4, -0.2) is 102 Å². The molecule has 2 aromatic rings. The first kappa shape index (κ1) is 28.9. The Hall–Kier alpha value is -3.13. The Morgan fingerprint density at radius 1 is 0.872 bits per heavy atom. The summed E-state index contributed by atoms with van der Waals surface area (Å²) in [6.07, 6.45) is -6.98. The highest BCUT2D eigenvalue weighted by molar-refractivity contribution is 5.82. The van der Waals surface area contributed by atoms with E-state index in [-0.39, 0.29) is 24.5 Å². The molecule has 2 fully saturated rings. The lowest BCUT2D eigenvalue weighted by Crippen LogP contribution is -2.60. The second-order valence-corrected chi connectivity index (χ2v) is 9.59. The molecule has 2 aliphatic rings. The van der Waals surface area contributed by atoms with Gasteiger partial charge >= 0.3 is 5.97 Å². The molecule has 12 heteroatoms. The molecule has 39 heavy (non-hydrogen) atoms. The van der Waals surface area contributed by atoms with Crippen LogP contribution in [0.4, 0.5) is 0 Å². The normalized spacial score (nSPS) is 30.5. The van der Waals surface area contributed by atoms with E-state index in [9.17, 15) is 30.3 Å². The van der Waals surface area contributed by atoms with E-state index in [4.69, 9.17) is 28.4 Å². The third kappa shape index (κ3) is 5.76. The Labute approximate surface area is 225 Å². The van der Waals surface area contributed by atoms with Gasteiger partial charge in [0, 0.05) is 12.3 Å². The van der Waals surface area contributed by atoms with Crippen molar-refractivity contribution >= 4 is 5.97 Å². The number of hydrogen-bond acceptors (Lipinski definition) is 12. The fourth-order valence-corrected chi connectivity index (χ4v) is 4.86. The van der Waals surface area contributed by atoms with Gasteiger partial charge in [0.1, 0.15) is 24.4 Å². The van der Waals surface area contributed by atoms with Crippen LogP contribution in [0.15, 0.2) is 36.4 Å². The average molecular weight is 551 g/mol. The Bertz CT molecular complexity index is 1150. The zero-order valence-corrected chi connectivity index (χ0v) is 21.9. The molecule has 0 unspecified atom stereocenters. The van der Waals surface area contributed by atoms with Crippen molar-refractivity contribution in [2.24, 2.45) is 5.92 Å². The third-order valence-corrected chi connectivity index (χ3v) is 7.17. The summed E-state index contributed by atoms with van der Waals surface area (Å²) in [5, 5.41) is 51.2. The van der Waals surface area contributed by atoms with Gasteiger partial charge in [0.15, 0.2) is 28.6 Å². The summed E-state index contributed by atoms with van der Waals surface area (Å²) in [7, 11) is 4.45. The Morgan fingerprint density at radius 3 is 2.15 bits per heavy atom. The number of aliphatic hydroxyl groups excluding tert-OH is 4. The minimum Gasteiger partial charge on any atom is -0.493 e. The number of carbonyl (C=O) groups excluding carboxylic acids is 1. The first-order valence-electron chi connectivity index (χ1n) is 12.4. The highest BCUT2D eigenvalue weighted by Crippen LogP contribution is 2.38. The summed E-state index contributed by atoms with van der Waals surface area (Å²) in [5.74, 6) is 0.161. The van der Waals surface area contributed by atoms with Gasteiger partial charge in [-0.3, -0.25) is 0 Å². The molecule has 0 saturated carbocycles. The van der Waals surface area contributed by atoms with Gasteiger partial charge in [-0.15, -0.1) is 0 Å². The zero-order chi connectivity index (χ0) is 28.3. The average Bonchev–Trinajstić information content (AvgIpc) is 3.21. The van der Waals surface area contributed by atoms with Crippen LogP contribution in [0.1, 0.15) is 11.1 Å². The number of cyclic esters (lactones) is 1. The minimum absolute atomic E-state index is 0.0408. The van der Waals surface area contributed by atoms with Crippen LogP contribution in [0.25, 0.3) is 0 Å². The first-order valence-corrected chi connectivity index (χ1v) is 12.4. The molecule has 214 valence electrons. The fourth-order valence-electron chi connectivity index (χ4n) is 4.86. The van der Waals surface area contributed by atoms with Gasteiger partial charge in [0.2, 0.25) is 6.29 Å². The van der Waals surface area contributed by atoms with Gasteiger partial charge in [-0.2, -0.15) is 0 Å². The molecule has 0 radical (unpaired) electrons. The van der Waals surface area contributed by atoms with Crippen molar-refractivity contribution in [3.8, 4) is 23.0 Å². The van der Waals surface area contributed by atoms with Crippen molar-refractivity contribution < 1.29 is 58.7 Å². The van der Waals surface area contributed by atoms with E-state index in [1.807, 2.05) is 6.07 Å². The molecule has 0 aliphatic carbocycles. The second kappa shape index (κ2) is 11.9. The molecular formula is C27H34O12. The first-order chi connectivity index (χ1) is 18.6. The maximum absolute atomic E-state index is 12.7. The molecule has 2 saturated heterocycles. The standard InChI is InChI=1S/C27H34O12/c1-34-17-6-4-14(9-19(17)35-2)8-16-13-37-26(32)27(16,33)11-15-5-7-18(20(10-15)36-3)38-25-24(31)23(30)22(29)21(12-28)39-25/h4-7,9-10,16,21-25,28-31,33H,8,11-13H2,1-3H3/t16-,21+,22-,23-,24-,25+,27+/m1/s1. The zero-order valence-electron chi connectivity index (χ0n) is 21.9. The summed E-state index contributed by atoms with van der Waals surface area (Å²) < 4.78 is 32.4. The molecule has 0 bridgehead atoms. The Morgan fingerprint density at radius 2 is 1.49 bits per heavy atom. The maximum atomic E-state index is 12.7. The summed E-state index contributed by atoms with van der Waals surface area (Å²) in [6, 6.07) is 10.1. The molecule has 0 spiro atoms. The van der Waals surface area contributed by atoms with E-state index in [2.05, 4.69) is 0 Å². The quantitative estimate of drug-likeness (QED) is 0.242. The number of aliphatic hydroxyl groups is 5. The highest BCUT2D eigenvalue weighted by Gasteiger charge is 2.51. The summed E-state index contributed by atoms with van der Waals surface area (Å²) >= 11 is 0. The summed E-state index contributed by atoms with van der Waals surface area (Å²) in [4.78, 5) is 12.7. The van der Waals surface area contributed by atoms with Crippen molar-refractivity contribution in [3.05, 3.63) is 47.5 Å². The van der Waals surface area contributed by atoms with Gasteiger partial charge in [-0.1, -0.05) is 12.1 Å². The van der Waals surface area contributed by atoms with Gasteiger partial charge in [-0.05, 0) is 41.8 Å². The van der Waals surface area contributed by atoms with Crippen molar-refractivity contribution in [3.63, 3.8) is 0 Å². The topological polar surface area (TPSA) is 174 Å². The van der Waals surface area contributed by atoms with Crippen LogP contribution < -0.4 is 18.9 Å². The highest BCUT2D eigenvalue weighted by atomic mass is 16.7. The van der Waals surface area contributed by atoms with Crippen LogP contribution >= 0.6 is 0 Å². The van der Waals surface area contributed by atoms with E-state index in [0.29, 0.717) is 23.5 Å². The van der Waals surface area contributed by atoms with Gasteiger partial charge in [0.05, 0.1) is 34.5 Å². The second-order valence-electron chi connectivity index (χ2n) is 9.59. The molecule has 4 rings (SSSR count). The minimum atomic E-state index is -1.81. The SMILES string of the molecule is COc1ccc(C[C@@H]2COC(=O)[C@]2(O)Cc2ccc(O[C@H]3O[C@@H](CO)[C@@H](O)[C@@H](O)[C@H]3O)c(OC)c2)cc1OC. The van der Waals surface area contributed by atoms with Gasteiger partial charge in [0.25, 0.3) is 0 Å². The molecule has 0 amide bonds. The van der Waals surface area contributed by atoms with E-state index < -0.39 is 54.8 Å². The van der Waals surface area contributed by atoms with E-state index in [1.165, 1.54) is 27.4 Å². The number of rotatable bonds is 10. The molecule has 5 N–H and O–H groups in total. The van der Waals surface area contributed by atoms with Crippen molar-refractivity contribution in [2.75, 3.05) is 34.5 Å². The summed E-state index contributed by atoms with van der Waals surface area (Å²) in [6.45, 7) is -0.556. The fraction of sp³-hybridized carbons (Fsp3) is 0.519. The molecule has 2 aromatic carbocycles. The largest absolute Gasteiger partial charge is 0.493 e. The smallest absolute Gasteiger partial charge is 0.338 e. The molecule has 7 atom stereocenters. The van der Waals surface area contributed by atoms with Crippen molar-refractivity contribution in [2.45, 2.75) is 49.1 Å². The number of hydrogen-bond donors (Lipinski definition) is 5. The van der Waals surface area contributed by atoms with Crippen LogP contribution in [0.3, 0.4) is 0 Å². The molecule has 0 aromatic heterocycles. The summed E-state index contributed by atoms with van der Waals surface area (Å²) in [5.41, 5.74) is -0.431. The lowest BCUT2D eigenvalue weighted by atomic mass is 9.81. The van der Waals surface area contributed by atoms with Crippen molar-refractivity contribution in [1.82, 2.24) is 0 Å². The number of carbonyl (C=O) groups is 1. The van der Waals surface area contributed by atoms with E-state index in [1.54, 1.807) is 24.3 Å². The van der Waals surface area contributed by atoms with Crippen molar-refractivity contribution in [1.29, 1.82) is 0 Å². The predicted octanol–water partition coefficient (Wildman–Crippen LogP) is -0.420. The molecule has 2 aliphatic heterocycles. The van der Waals surface area contributed by atoms with Gasteiger partial charge < -0.3 is 54.0 Å². The lowest BCUT2D eigenvalue weighted by molar-refractivity contribution is -0.277. The van der Waals surface area contributed by atoms with E-state index in [0.717, 1.165) is 5.56 Å². The maximum Gasteiger partial charge on any atom is 0.338 e. The molecule has 12 nitrogen and oxygen atoms in total. The number of methoxy groups -OCH3 is 3. The van der Waals surface area contributed by atoms with Crippen LogP contribution in [0.2, 0.25) is 0 Å². The molecular weight excluding hydrogens is 516 g/mol. The monoisotopic (exact) mass is 550 g/mol. The van der Waals surface area contributed by atoms with Crippen LogP contribution in [-0.2, 0) is 27.1 Å². The predicted molar refractivity (Wildman–Crippen MR) is 134 cm³/mol. The van der Waals surface area contributed by atoms with Gasteiger partial charge in [-0.25, -0.2) is 4.79 Å².